The van der Waals surface area contributed by atoms with E-state index in [-0.39, 0.29) is 5.91 Å². The number of carbonyl (C=O) groups excluding carboxylic acids is 1. The van der Waals surface area contributed by atoms with Crippen LogP contribution in [0.3, 0.4) is 0 Å². The first-order chi connectivity index (χ1) is 16.5. The second kappa shape index (κ2) is 8.87. The molecule has 0 spiro atoms. The topological polar surface area (TPSA) is 64.4 Å². The standard InChI is InChI=1S/C29H24N2O3/c1-18-10-11-30-28(12-18)31-29(32)13-19(2)23-15-24-25(17-34-27(24)16-26(23)33-3)22-9-8-20-6-4-5-7-21(20)14-22/h4-17H,1-3H3,(H,30,31,32)/b19-13+. The molecule has 0 bridgehead atoms. The maximum absolute atomic E-state index is 12.6. The third-order valence-electron chi connectivity index (χ3n) is 5.90. The van der Waals surface area contributed by atoms with Gasteiger partial charge in [0.05, 0.1) is 13.4 Å². The van der Waals surface area contributed by atoms with Crippen molar-refractivity contribution in [3.8, 4) is 16.9 Å². The molecule has 2 aromatic heterocycles. The minimum Gasteiger partial charge on any atom is -0.496 e. The highest BCUT2D eigenvalue weighted by Gasteiger charge is 2.15. The fourth-order valence-electron chi connectivity index (χ4n) is 4.15. The Hall–Kier alpha value is -4.38. The lowest BCUT2D eigenvalue weighted by atomic mass is 9.97. The van der Waals surface area contributed by atoms with Crippen molar-refractivity contribution in [1.82, 2.24) is 4.98 Å². The number of hydrogen-bond donors (Lipinski definition) is 1. The number of pyridine rings is 1. The molecule has 5 nitrogen and oxygen atoms in total. The maximum atomic E-state index is 12.6. The number of hydrogen-bond acceptors (Lipinski definition) is 4. The van der Waals surface area contributed by atoms with Crippen molar-refractivity contribution in [2.45, 2.75) is 13.8 Å². The summed E-state index contributed by atoms with van der Waals surface area (Å²) in [5.74, 6) is 0.909. The van der Waals surface area contributed by atoms with Gasteiger partial charge in [0, 0.05) is 34.9 Å². The van der Waals surface area contributed by atoms with Crippen molar-refractivity contribution in [3.63, 3.8) is 0 Å². The third kappa shape index (κ3) is 4.16. The molecule has 0 atom stereocenters. The zero-order valence-corrected chi connectivity index (χ0v) is 19.3. The van der Waals surface area contributed by atoms with Crippen LogP contribution in [0.1, 0.15) is 18.1 Å². The van der Waals surface area contributed by atoms with Gasteiger partial charge in [0.25, 0.3) is 0 Å². The Morgan fingerprint density at radius 1 is 1.03 bits per heavy atom. The van der Waals surface area contributed by atoms with Gasteiger partial charge in [0.2, 0.25) is 5.91 Å². The van der Waals surface area contributed by atoms with E-state index in [1.807, 2.05) is 50.2 Å². The number of fused-ring (bicyclic) bond motifs is 2. The molecule has 5 aromatic rings. The number of benzene rings is 3. The van der Waals surface area contributed by atoms with Gasteiger partial charge in [-0.2, -0.15) is 0 Å². The summed E-state index contributed by atoms with van der Waals surface area (Å²) in [4.78, 5) is 16.8. The predicted molar refractivity (Wildman–Crippen MR) is 137 cm³/mol. The SMILES string of the molecule is COc1cc2occ(-c3ccc4ccccc4c3)c2cc1/C(C)=C/C(=O)Nc1cc(C)ccn1. The summed E-state index contributed by atoms with van der Waals surface area (Å²) < 4.78 is 11.5. The molecule has 3 aromatic carbocycles. The van der Waals surface area contributed by atoms with E-state index >= 15 is 0 Å². The van der Waals surface area contributed by atoms with Crippen molar-refractivity contribution in [3.05, 3.63) is 96.4 Å². The molecule has 0 saturated heterocycles. The lowest BCUT2D eigenvalue weighted by Gasteiger charge is -2.10. The van der Waals surface area contributed by atoms with Crippen LogP contribution < -0.4 is 10.1 Å². The van der Waals surface area contributed by atoms with E-state index in [0.717, 1.165) is 38.8 Å². The highest BCUT2D eigenvalue weighted by Crippen LogP contribution is 2.38. The Labute approximate surface area is 197 Å². The van der Waals surface area contributed by atoms with Crippen LogP contribution in [0.25, 0.3) is 38.4 Å². The number of carbonyl (C=O) groups is 1. The zero-order chi connectivity index (χ0) is 23.7. The number of aromatic nitrogens is 1. The molecule has 1 N–H and O–H groups in total. The van der Waals surface area contributed by atoms with Crippen molar-refractivity contribution in [1.29, 1.82) is 0 Å². The van der Waals surface area contributed by atoms with E-state index in [0.29, 0.717) is 11.6 Å². The van der Waals surface area contributed by atoms with Gasteiger partial charge < -0.3 is 14.5 Å². The first-order valence-corrected chi connectivity index (χ1v) is 11.0. The van der Waals surface area contributed by atoms with E-state index in [1.54, 1.807) is 25.6 Å². The monoisotopic (exact) mass is 448 g/mol. The number of anilines is 1. The molecule has 0 saturated carbocycles. The van der Waals surface area contributed by atoms with Crippen molar-refractivity contribution in [2.75, 3.05) is 12.4 Å². The molecular formula is C29H24N2O3. The first-order valence-electron chi connectivity index (χ1n) is 11.0. The second-order valence-corrected chi connectivity index (χ2v) is 8.29. The average molecular weight is 449 g/mol. The number of allylic oxidation sites excluding steroid dienone is 1. The lowest BCUT2D eigenvalue weighted by Crippen LogP contribution is -2.10. The lowest BCUT2D eigenvalue weighted by molar-refractivity contribution is -0.111. The quantitative estimate of drug-likeness (QED) is 0.294. The van der Waals surface area contributed by atoms with Gasteiger partial charge in [-0.1, -0.05) is 36.4 Å². The molecule has 2 heterocycles. The Morgan fingerprint density at radius 3 is 2.65 bits per heavy atom. The molecule has 34 heavy (non-hydrogen) atoms. The van der Waals surface area contributed by atoms with E-state index < -0.39 is 0 Å². The van der Waals surface area contributed by atoms with Crippen LogP contribution in [0.5, 0.6) is 5.75 Å². The number of aryl methyl sites for hydroxylation is 1. The predicted octanol–water partition coefficient (Wildman–Crippen LogP) is 7.01. The van der Waals surface area contributed by atoms with Crippen molar-refractivity contribution >= 4 is 39.0 Å². The molecule has 0 unspecified atom stereocenters. The fourth-order valence-corrected chi connectivity index (χ4v) is 4.15. The van der Waals surface area contributed by atoms with Gasteiger partial charge >= 0.3 is 0 Å². The Bertz CT molecular complexity index is 1560. The van der Waals surface area contributed by atoms with Crippen LogP contribution in [0, 0.1) is 6.92 Å². The molecule has 168 valence electrons. The van der Waals surface area contributed by atoms with E-state index in [4.69, 9.17) is 9.15 Å². The van der Waals surface area contributed by atoms with Crippen LogP contribution >= 0.6 is 0 Å². The van der Waals surface area contributed by atoms with Crippen LogP contribution in [0.4, 0.5) is 5.82 Å². The summed E-state index contributed by atoms with van der Waals surface area (Å²) in [6, 6.07) is 22.2. The van der Waals surface area contributed by atoms with Gasteiger partial charge in [-0.05, 0) is 65.6 Å². The van der Waals surface area contributed by atoms with Crippen molar-refractivity contribution in [2.24, 2.45) is 0 Å². The number of rotatable bonds is 5. The molecule has 5 heteroatoms. The minimum atomic E-state index is -0.250. The number of nitrogens with one attached hydrogen (secondary N) is 1. The van der Waals surface area contributed by atoms with Crippen molar-refractivity contribution < 1.29 is 13.9 Å². The summed E-state index contributed by atoms with van der Waals surface area (Å²) in [7, 11) is 1.61. The summed E-state index contributed by atoms with van der Waals surface area (Å²) in [5.41, 5.74) is 5.41. The Morgan fingerprint density at radius 2 is 1.85 bits per heavy atom. The normalized spacial score (nSPS) is 11.7. The van der Waals surface area contributed by atoms with Gasteiger partial charge in [0.15, 0.2) is 0 Å². The Kier molecular flexibility index (Phi) is 5.60. The summed E-state index contributed by atoms with van der Waals surface area (Å²) >= 11 is 0. The largest absolute Gasteiger partial charge is 0.496 e. The summed E-state index contributed by atoms with van der Waals surface area (Å²) in [6.45, 7) is 3.85. The smallest absolute Gasteiger partial charge is 0.249 e. The van der Waals surface area contributed by atoms with Gasteiger partial charge in [-0.3, -0.25) is 4.79 Å². The van der Waals surface area contributed by atoms with Crippen LogP contribution in [-0.2, 0) is 4.79 Å². The van der Waals surface area contributed by atoms with Gasteiger partial charge in [-0.15, -0.1) is 0 Å². The summed E-state index contributed by atoms with van der Waals surface area (Å²) in [6.07, 6.45) is 5.00. The number of ether oxygens (including phenoxy) is 1. The second-order valence-electron chi connectivity index (χ2n) is 8.29. The first kappa shape index (κ1) is 21.5. The van der Waals surface area contributed by atoms with E-state index in [1.165, 1.54) is 10.8 Å². The molecule has 1 amide bonds. The van der Waals surface area contributed by atoms with Crippen LogP contribution in [0.2, 0.25) is 0 Å². The molecule has 0 fully saturated rings. The third-order valence-corrected chi connectivity index (χ3v) is 5.90. The highest BCUT2D eigenvalue weighted by molar-refractivity contribution is 6.05. The number of amides is 1. The minimum absolute atomic E-state index is 0.250. The molecule has 0 radical (unpaired) electrons. The molecule has 0 aliphatic rings. The van der Waals surface area contributed by atoms with Gasteiger partial charge in [-0.25, -0.2) is 4.98 Å². The molecule has 0 aliphatic carbocycles. The molecule has 0 aliphatic heterocycles. The number of furan rings is 1. The van der Waals surface area contributed by atoms with Crippen LogP contribution in [-0.4, -0.2) is 18.0 Å². The zero-order valence-electron chi connectivity index (χ0n) is 19.3. The Balaban J connectivity index is 1.53. The van der Waals surface area contributed by atoms with E-state index in [9.17, 15) is 4.79 Å². The van der Waals surface area contributed by atoms with Crippen LogP contribution in [0.15, 0.2) is 89.7 Å². The average Bonchev–Trinajstić information content (AvgIpc) is 3.25. The number of nitrogens with zero attached hydrogens (tertiary/aromatic N) is 1. The maximum Gasteiger partial charge on any atom is 0.249 e. The number of methoxy groups -OCH3 is 1. The van der Waals surface area contributed by atoms with E-state index in [2.05, 4.69) is 40.6 Å². The summed E-state index contributed by atoms with van der Waals surface area (Å²) in [5, 5.41) is 6.14. The fraction of sp³-hybridized carbons (Fsp3) is 0.103. The highest BCUT2D eigenvalue weighted by atomic mass is 16.5. The molecular weight excluding hydrogens is 424 g/mol. The van der Waals surface area contributed by atoms with Gasteiger partial charge in [0.1, 0.15) is 17.2 Å². The molecule has 5 rings (SSSR count).